The highest BCUT2D eigenvalue weighted by molar-refractivity contribution is 5.46. The second-order valence-corrected chi connectivity index (χ2v) is 3.62. The number of ether oxygens (including phenoxy) is 1. The molecular weight excluding hydrogens is 206 g/mol. The highest BCUT2D eigenvalue weighted by atomic mass is 16.5. The lowest BCUT2D eigenvalue weighted by Gasteiger charge is -2.14. The zero-order valence-electron chi connectivity index (χ0n) is 8.63. The van der Waals surface area contributed by atoms with Gasteiger partial charge in [-0.15, -0.1) is 5.10 Å². The molecule has 6 nitrogen and oxygen atoms in total. The molecule has 2 aromatic rings. The van der Waals surface area contributed by atoms with Crippen LogP contribution in [0.1, 0.15) is 11.3 Å². The van der Waals surface area contributed by atoms with E-state index in [0.29, 0.717) is 19.0 Å². The Bertz CT molecular complexity index is 507. The zero-order valence-corrected chi connectivity index (χ0v) is 8.63. The quantitative estimate of drug-likeness (QED) is 0.744. The summed E-state index contributed by atoms with van der Waals surface area (Å²) < 4.78 is 7.16. The summed E-state index contributed by atoms with van der Waals surface area (Å²) in [5, 5.41) is 4.30. The lowest BCUT2D eigenvalue weighted by molar-refractivity contribution is 0.110. The SMILES string of the molecule is Nc1nn(-c2cncnc2)c2c1COCC2. The first-order valence-electron chi connectivity index (χ1n) is 5.05. The summed E-state index contributed by atoms with van der Waals surface area (Å²) in [6, 6.07) is 0. The molecule has 0 amide bonds. The average Bonchev–Trinajstić information content (AvgIpc) is 2.69. The normalized spacial score (nSPS) is 14.8. The molecule has 0 radical (unpaired) electrons. The summed E-state index contributed by atoms with van der Waals surface area (Å²) in [4.78, 5) is 7.95. The topological polar surface area (TPSA) is 78.9 Å². The van der Waals surface area contributed by atoms with Gasteiger partial charge in [0.05, 0.1) is 31.3 Å². The molecule has 0 atom stereocenters. The molecule has 0 aliphatic carbocycles. The van der Waals surface area contributed by atoms with Gasteiger partial charge in [0.2, 0.25) is 0 Å². The fourth-order valence-electron chi connectivity index (χ4n) is 1.88. The number of rotatable bonds is 1. The molecule has 2 aromatic heterocycles. The van der Waals surface area contributed by atoms with E-state index >= 15 is 0 Å². The summed E-state index contributed by atoms with van der Waals surface area (Å²) in [6.45, 7) is 1.24. The number of fused-ring (bicyclic) bond motifs is 1. The van der Waals surface area contributed by atoms with Crippen molar-refractivity contribution < 1.29 is 4.74 Å². The Morgan fingerprint density at radius 3 is 2.94 bits per heavy atom. The Balaban J connectivity index is 2.15. The largest absolute Gasteiger partial charge is 0.382 e. The molecule has 3 rings (SSSR count). The van der Waals surface area contributed by atoms with E-state index in [1.807, 2.05) is 0 Å². The molecule has 1 aliphatic rings. The molecule has 2 N–H and O–H groups in total. The van der Waals surface area contributed by atoms with E-state index in [2.05, 4.69) is 15.1 Å². The van der Waals surface area contributed by atoms with Gasteiger partial charge in [-0.25, -0.2) is 14.6 Å². The number of hydrogen-bond donors (Lipinski definition) is 1. The van der Waals surface area contributed by atoms with Crippen LogP contribution in [0.25, 0.3) is 5.69 Å². The molecule has 0 saturated heterocycles. The van der Waals surface area contributed by atoms with Crippen LogP contribution in [0.2, 0.25) is 0 Å². The lowest BCUT2D eigenvalue weighted by Crippen LogP contribution is -2.13. The predicted octanol–water partition coefficient (Wildman–Crippen LogP) is 0.317. The van der Waals surface area contributed by atoms with Crippen molar-refractivity contribution in [1.29, 1.82) is 0 Å². The van der Waals surface area contributed by atoms with Crippen LogP contribution >= 0.6 is 0 Å². The van der Waals surface area contributed by atoms with E-state index in [1.165, 1.54) is 6.33 Å². The first kappa shape index (κ1) is 9.29. The van der Waals surface area contributed by atoms with Gasteiger partial charge in [0.25, 0.3) is 0 Å². The van der Waals surface area contributed by atoms with Gasteiger partial charge in [-0.1, -0.05) is 0 Å². The molecule has 0 fully saturated rings. The molecule has 0 unspecified atom stereocenters. The zero-order chi connectivity index (χ0) is 11.0. The maximum absolute atomic E-state index is 5.85. The van der Waals surface area contributed by atoms with Gasteiger partial charge in [-0.2, -0.15) is 0 Å². The first-order valence-corrected chi connectivity index (χ1v) is 5.05. The summed E-state index contributed by atoms with van der Waals surface area (Å²) >= 11 is 0. The maximum atomic E-state index is 5.85. The highest BCUT2D eigenvalue weighted by Crippen LogP contribution is 2.24. The summed E-state index contributed by atoms with van der Waals surface area (Å²) in [6.07, 6.45) is 5.74. The van der Waals surface area contributed by atoms with E-state index in [-0.39, 0.29) is 0 Å². The van der Waals surface area contributed by atoms with Crippen molar-refractivity contribution in [2.45, 2.75) is 13.0 Å². The lowest BCUT2D eigenvalue weighted by atomic mass is 10.1. The Labute approximate surface area is 92.1 Å². The van der Waals surface area contributed by atoms with Gasteiger partial charge in [0.15, 0.2) is 5.82 Å². The van der Waals surface area contributed by atoms with E-state index < -0.39 is 0 Å². The molecule has 0 bridgehead atoms. The number of anilines is 1. The first-order chi connectivity index (χ1) is 7.86. The van der Waals surface area contributed by atoms with Crippen molar-refractivity contribution in [2.75, 3.05) is 12.3 Å². The van der Waals surface area contributed by atoms with E-state index in [0.717, 1.165) is 23.4 Å². The highest BCUT2D eigenvalue weighted by Gasteiger charge is 2.20. The molecule has 0 saturated carbocycles. The second kappa shape index (κ2) is 3.57. The van der Waals surface area contributed by atoms with Crippen LogP contribution in [-0.4, -0.2) is 26.4 Å². The molecule has 1 aliphatic heterocycles. The average molecular weight is 217 g/mol. The van der Waals surface area contributed by atoms with Crippen LogP contribution in [0, 0.1) is 0 Å². The van der Waals surface area contributed by atoms with Crippen LogP contribution in [0.4, 0.5) is 5.82 Å². The van der Waals surface area contributed by atoms with Crippen LogP contribution in [0.15, 0.2) is 18.7 Å². The minimum Gasteiger partial charge on any atom is -0.382 e. The molecule has 16 heavy (non-hydrogen) atoms. The Morgan fingerprint density at radius 1 is 1.31 bits per heavy atom. The molecule has 0 aromatic carbocycles. The minimum atomic E-state index is 0.526. The minimum absolute atomic E-state index is 0.526. The molecule has 0 spiro atoms. The Hall–Kier alpha value is -1.95. The number of nitrogens with two attached hydrogens (primary N) is 1. The van der Waals surface area contributed by atoms with E-state index in [9.17, 15) is 0 Å². The monoisotopic (exact) mass is 217 g/mol. The third-order valence-electron chi connectivity index (χ3n) is 2.64. The predicted molar refractivity (Wildman–Crippen MR) is 56.9 cm³/mol. The van der Waals surface area contributed by atoms with Crippen LogP contribution in [-0.2, 0) is 17.8 Å². The van der Waals surface area contributed by atoms with Gasteiger partial charge < -0.3 is 10.5 Å². The van der Waals surface area contributed by atoms with Crippen molar-refractivity contribution in [3.05, 3.63) is 30.0 Å². The van der Waals surface area contributed by atoms with Crippen molar-refractivity contribution in [3.8, 4) is 5.69 Å². The summed E-state index contributed by atoms with van der Waals surface area (Å²) in [7, 11) is 0. The van der Waals surface area contributed by atoms with Crippen molar-refractivity contribution in [2.24, 2.45) is 0 Å². The van der Waals surface area contributed by atoms with Crippen LogP contribution in [0.3, 0.4) is 0 Å². The molecule has 3 heterocycles. The fraction of sp³-hybridized carbons (Fsp3) is 0.300. The smallest absolute Gasteiger partial charge is 0.151 e. The van der Waals surface area contributed by atoms with Crippen LogP contribution < -0.4 is 5.73 Å². The van der Waals surface area contributed by atoms with Gasteiger partial charge >= 0.3 is 0 Å². The molecule has 6 heteroatoms. The second-order valence-electron chi connectivity index (χ2n) is 3.62. The van der Waals surface area contributed by atoms with Crippen molar-refractivity contribution in [3.63, 3.8) is 0 Å². The molecule has 82 valence electrons. The number of hydrogen-bond acceptors (Lipinski definition) is 5. The number of nitrogens with zero attached hydrogens (tertiary/aromatic N) is 4. The van der Waals surface area contributed by atoms with Crippen molar-refractivity contribution in [1.82, 2.24) is 19.7 Å². The van der Waals surface area contributed by atoms with E-state index in [1.54, 1.807) is 17.1 Å². The summed E-state index contributed by atoms with van der Waals surface area (Å²) in [5.41, 5.74) is 8.76. The van der Waals surface area contributed by atoms with Gasteiger partial charge in [0, 0.05) is 12.0 Å². The third kappa shape index (κ3) is 1.35. The van der Waals surface area contributed by atoms with Gasteiger partial charge in [-0.05, 0) is 0 Å². The Kier molecular flexibility index (Phi) is 2.07. The Morgan fingerprint density at radius 2 is 2.12 bits per heavy atom. The third-order valence-corrected chi connectivity index (χ3v) is 2.64. The number of aromatic nitrogens is 4. The standard InChI is InChI=1S/C10H11N5O/c11-10-8-5-16-2-1-9(8)15(14-10)7-3-12-6-13-4-7/h3-4,6H,1-2,5H2,(H2,11,14). The maximum Gasteiger partial charge on any atom is 0.151 e. The van der Waals surface area contributed by atoms with Crippen LogP contribution in [0.5, 0.6) is 0 Å². The fourth-order valence-corrected chi connectivity index (χ4v) is 1.88. The van der Waals surface area contributed by atoms with E-state index in [4.69, 9.17) is 10.5 Å². The van der Waals surface area contributed by atoms with Gasteiger partial charge in [-0.3, -0.25) is 0 Å². The van der Waals surface area contributed by atoms with Gasteiger partial charge in [0.1, 0.15) is 12.0 Å². The summed E-state index contributed by atoms with van der Waals surface area (Å²) in [5.74, 6) is 0.526. The van der Waals surface area contributed by atoms with Crippen molar-refractivity contribution >= 4 is 5.82 Å². The number of nitrogen functional groups attached to an aromatic ring is 1. The molecular formula is C10H11N5O.